The SMILES string of the molecule is NCc1ccc(NC(=O)c2ccccc2C(F)(F)F)nc1. The van der Waals surface area contributed by atoms with Crippen LogP contribution in [0.4, 0.5) is 19.0 Å². The predicted molar refractivity (Wildman–Crippen MR) is 71.5 cm³/mol. The molecule has 0 fully saturated rings. The van der Waals surface area contributed by atoms with Crippen molar-refractivity contribution in [2.24, 2.45) is 5.73 Å². The number of nitrogens with zero attached hydrogens (tertiary/aromatic N) is 1. The van der Waals surface area contributed by atoms with Crippen LogP contribution >= 0.6 is 0 Å². The number of hydrogen-bond donors (Lipinski definition) is 2. The molecule has 0 aliphatic heterocycles. The average molecular weight is 295 g/mol. The van der Waals surface area contributed by atoms with Crippen molar-refractivity contribution in [3.05, 3.63) is 59.3 Å². The summed E-state index contributed by atoms with van der Waals surface area (Å²) in [6.07, 6.45) is -3.14. The standard InChI is InChI=1S/C14H12F3N3O/c15-14(16,17)11-4-2-1-3-10(11)13(21)20-12-6-5-9(7-18)8-19-12/h1-6,8H,7,18H2,(H,19,20,21). The van der Waals surface area contributed by atoms with E-state index >= 15 is 0 Å². The summed E-state index contributed by atoms with van der Waals surface area (Å²) in [5.74, 6) is -0.704. The van der Waals surface area contributed by atoms with E-state index in [0.717, 1.165) is 17.7 Å². The van der Waals surface area contributed by atoms with Gasteiger partial charge in [-0.25, -0.2) is 4.98 Å². The maximum atomic E-state index is 12.8. The molecule has 1 amide bonds. The van der Waals surface area contributed by atoms with Crippen molar-refractivity contribution in [3.63, 3.8) is 0 Å². The molecule has 0 bridgehead atoms. The highest BCUT2D eigenvalue weighted by atomic mass is 19.4. The molecule has 0 aliphatic rings. The van der Waals surface area contributed by atoms with Gasteiger partial charge in [-0.3, -0.25) is 4.79 Å². The Labute approximate surface area is 118 Å². The fourth-order valence-electron chi connectivity index (χ4n) is 1.73. The number of hydrogen-bond acceptors (Lipinski definition) is 3. The molecule has 0 saturated heterocycles. The minimum absolute atomic E-state index is 0.161. The van der Waals surface area contributed by atoms with E-state index in [0.29, 0.717) is 0 Å². The summed E-state index contributed by atoms with van der Waals surface area (Å²) in [7, 11) is 0. The van der Waals surface area contributed by atoms with E-state index in [4.69, 9.17) is 5.73 Å². The van der Waals surface area contributed by atoms with Gasteiger partial charge < -0.3 is 11.1 Å². The molecule has 0 unspecified atom stereocenters. The van der Waals surface area contributed by atoms with Crippen molar-refractivity contribution in [2.75, 3.05) is 5.32 Å². The molecule has 1 aromatic heterocycles. The summed E-state index contributed by atoms with van der Waals surface area (Å²) < 4.78 is 38.5. The fourth-order valence-corrected chi connectivity index (χ4v) is 1.73. The van der Waals surface area contributed by atoms with Gasteiger partial charge in [-0.05, 0) is 23.8 Å². The lowest BCUT2D eigenvalue weighted by molar-refractivity contribution is -0.137. The largest absolute Gasteiger partial charge is 0.417 e. The molecular weight excluding hydrogens is 283 g/mol. The van der Waals surface area contributed by atoms with E-state index in [1.54, 1.807) is 6.07 Å². The van der Waals surface area contributed by atoms with Crippen LogP contribution in [0, 0.1) is 0 Å². The number of benzene rings is 1. The van der Waals surface area contributed by atoms with Crippen LogP contribution in [0.3, 0.4) is 0 Å². The van der Waals surface area contributed by atoms with Crippen LogP contribution in [0.1, 0.15) is 21.5 Å². The zero-order valence-electron chi connectivity index (χ0n) is 10.8. The zero-order chi connectivity index (χ0) is 15.5. The van der Waals surface area contributed by atoms with Crippen molar-refractivity contribution >= 4 is 11.7 Å². The van der Waals surface area contributed by atoms with E-state index in [1.807, 2.05) is 0 Å². The first-order valence-electron chi connectivity index (χ1n) is 6.04. The predicted octanol–water partition coefficient (Wildman–Crippen LogP) is 2.81. The molecule has 1 aromatic carbocycles. The van der Waals surface area contributed by atoms with Crippen LogP contribution in [-0.4, -0.2) is 10.9 Å². The number of carbonyl (C=O) groups is 1. The average Bonchev–Trinajstić information content (AvgIpc) is 2.47. The Morgan fingerprint density at radius 2 is 1.90 bits per heavy atom. The van der Waals surface area contributed by atoms with Gasteiger partial charge in [-0.1, -0.05) is 18.2 Å². The van der Waals surface area contributed by atoms with Gasteiger partial charge in [-0.2, -0.15) is 13.2 Å². The lowest BCUT2D eigenvalue weighted by Gasteiger charge is -2.12. The van der Waals surface area contributed by atoms with Gasteiger partial charge in [-0.15, -0.1) is 0 Å². The van der Waals surface area contributed by atoms with Crippen molar-refractivity contribution in [2.45, 2.75) is 12.7 Å². The second kappa shape index (κ2) is 5.92. The quantitative estimate of drug-likeness (QED) is 0.915. The summed E-state index contributed by atoms with van der Waals surface area (Å²) in [6.45, 7) is 0.290. The maximum absolute atomic E-state index is 12.8. The van der Waals surface area contributed by atoms with Gasteiger partial charge in [0.2, 0.25) is 0 Å². The third-order valence-electron chi connectivity index (χ3n) is 2.78. The number of rotatable bonds is 3. The molecule has 2 rings (SSSR count). The first kappa shape index (κ1) is 15.0. The number of pyridine rings is 1. The number of anilines is 1. The summed E-state index contributed by atoms with van der Waals surface area (Å²) in [6, 6.07) is 7.70. The highest BCUT2D eigenvalue weighted by Crippen LogP contribution is 2.32. The Balaban J connectivity index is 2.24. The topological polar surface area (TPSA) is 68.0 Å². The lowest BCUT2D eigenvalue weighted by Crippen LogP contribution is -2.19. The number of aromatic nitrogens is 1. The van der Waals surface area contributed by atoms with Gasteiger partial charge in [0, 0.05) is 12.7 Å². The number of carbonyl (C=O) groups excluding carboxylic acids is 1. The minimum atomic E-state index is -4.59. The van der Waals surface area contributed by atoms with Crippen molar-refractivity contribution in [1.82, 2.24) is 4.98 Å². The Hall–Kier alpha value is -2.41. The number of amides is 1. The molecule has 0 aliphatic carbocycles. The van der Waals surface area contributed by atoms with E-state index < -0.39 is 23.2 Å². The normalized spacial score (nSPS) is 11.2. The first-order chi connectivity index (χ1) is 9.91. The smallest absolute Gasteiger partial charge is 0.326 e. The molecule has 1 heterocycles. The van der Waals surface area contributed by atoms with Gasteiger partial charge in [0.15, 0.2) is 0 Å². The number of nitrogens with two attached hydrogens (primary N) is 1. The molecule has 3 N–H and O–H groups in total. The van der Waals surface area contributed by atoms with Crippen LogP contribution in [0.25, 0.3) is 0 Å². The third kappa shape index (κ3) is 3.57. The first-order valence-corrected chi connectivity index (χ1v) is 6.04. The van der Waals surface area contributed by atoms with Crippen LogP contribution in [0.5, 0.6) is 0 Å². The molecule has 4 nitrogen and oxygen atoms in total. The minimum Gasteiger partial charge on any atom is -0.326 e. The zero-order valence-corrected chi connectivity index (χ0v) is 10.8. The number of alkyl halides is 3. The Bertz CT molecular complexity index is 639. The summed E-state index contributed by atoms with van der Waals surface area (Å²) in [5.41, 5.74) is 4.73. The van der Waals surface area contributed by atoms with Crippen LogP contribution < -0.4 is 11.1 Å². The maximum Gasteiger partial charge on any atom is 0.417 e. The van der Waals surface area contributed by atoms with Crippen molar-refractivity contribution in [1.29, 1.82) is 0 Å². The number of halogens is 3. The van der Waals surface area contributed by atoms with Crippen LogP contribution in [-0.2, 0) is 12.7 Å². The lowest BCUT2D eigenvalue weighted by atomic mass is 10.1. The second-order valence-corrected chi connectivity index (χ2v) is 4.25. The molecule has 21 heavy (non-hydrogen) atoms. The monoisotopic (exact) mass is 295 g/mol. The Morgan fingerprint density at radius 1 is 1.19 bits per heavy atom. The van der Waals surface area contributed by atoms with Crippen molar-refractivity contribution < 1.29 is 18.0 Å². The summed E-state index contributed by atoms with van der Waals surface area (Å²) in [4.78, 5) is 15.9. The molecule has 7 heteroatoms. The molecular formula is C14H12F3N3O. The summed E-state index contributed by atoms with van der Waals surface area (Å²) >= 11 is 0. The molecule has 0 spiro atoms. The highest BCUT2D eigenvalue weighted by molar-refractivity contribution is 6.04. The van der Waals surface area contributed by atoms with Crippen molar-refractivity contribution in [3.8, 4) is 0 Å². The van der Waals surface area contributed by atoms with Gasteiger partial charge in [0.1, 0.15) is 5.82 Å². The molecule has 110 valence electrons. The Morgan fingerprint density at radius 3 is 2.48 bits per heavy atom. The summed E-state index contributed by atoms with van der Waals surface area (Å²) in [5, 5.41) is 2.33. The van der Waals surface area contributed by atoms with Crippen LogP contribution in [0.15, 0.2) is 42.6 Å². The van der Waals surface area contributed by atoms with E-state index in [2.05, 4.69) is 10.3 Å². The molecule has 0 saturated carbocycles. The van der Waals surface area contributed by atoms with E-state index in [-0.39, 0.29) is 12.4 Å². The van der Waals surface area contributed by atoms with E-state index in [9.17, 15) is 18.0 Å². The van der Waals surface area contributed by atoms with Gasteiger partial charge in [0.05, 0.1) is 11.1 Å². The molecule has 0 radical (unpaired) electrons. The van der Waals surface area contributed by atoms with Gasteiger partial charge in [0.25, 0.3) is 5.91 Å². The van der Waals surface area contributed by atoms with E-state index in [1.165, 1.54) is 24.4 Å². The second-order valence-electron chi connectivity index (χ2n) is 4.25. The van der Waals surface area contributed by atoms with Crippen LogP contribution in [0.2, 0.25) is 0 Å². The molecule has 0 atom stereocenters. The third-order valence-corrected chi connectivity index (χ3v) is 2.78. The Kier molecular flexibility index (Phi) is 4.23. The van der Waals surface area contributed by atoms with Gasteiger partial charge >= 0.3 is 6.18 Å². The highest BCUT2D eigenvalue weighted by Gasteiger charge is 2.34. The fraction of sp³-hybridized carbons (Fsp3) is 0.143. The molecule has 2 aromatic rings. The number of nitrogens with one attached hydrogen (secondary N) is 1.